The van der Waals surface area contributed by atoms with Crippen LogP contribution in [-0.2, 0) is 16.1 Å². The van der Waals surface area contributed by atoms with Crippen LogP contribution in [0.1, 0.15) is 43.1 Å². The van der Waals surface area contributed by atoms with Crippen molar-refractivity contribution < 1.29 is 28.5 Å². The first-order valence-corrected chi connectivity index (χ1v) is 9.85. The molecule has 0 atom stereocenters. The molecule has 0 aliphatic carbocycles. The Morgan fingerprint density at radius 2 is 1.77 bits per heavy atom. The van der Waals surface area contributed by atoms with Crippen molar-refractivity contribution in [3.8, 4) is 28.4 Å². The highest BCUT2D eigenvalue weighted by molar-refractivity contribution is 6.01. The predicted octanol–water partition coefficient (Wildman–Crippen LogP) is 3.72. The summed E-state index contributed by atoms with van der Waals surface area (Å²) in [7, 11) is 3.04. The van der Waals surface area contributed by atoms with Gasteiger partial charge in [0.05, 0.1) is 20.8 Å². The summed E-state index contributed by atoms with van der Waals surface area (Å²) < 4.78 is 22.5. The maximum Gasteiger partial charge on any atom is 0.349 e. The highest BCUT2D eigenvalue weighted by Crippen LogP contribution is 2.47. The topological polar surface area (TPSA) is 83.1 Å². The van der Waals surface area contributed by atoms with Crippen LogP contribution in [0.4, 0.5) is 0 Å². The van der Waals surface area contributed by atoms with E-state index in [0.717, 1.165) is 11.1 Å². The van der Waals surface area contributed by atoms with E-state index in [9.17, 15) is 9.59 Å². The fourth-order valence-electron chi connectivity index (χ4n) is 3.38. The van der Waals surface area contributed by atoms with Gasteiger partial charge in [-0.2, -0.15) is 0 Å². The van der Waals surface area contributed by atoms with Gasteiger partial charge in [-0.25, -0.2) is 4.79 Å². The first kappa shape index (κ1) is 21.5. The number of carbonyl (C=O) groups is 2. The zero-order chi connectivity index (χ0) is 21.9. The number of methoxy groups -OCH3 is 2. The Labute approximate surface area is 176 Å². The summed E-state index contributed by atoms with van der Waals surface area (Å²) >= 11 is 0. The average Bonchev–Trinajstić information content (AvgIpc) is 3.12. The lowest BCUT2D eigenvalue weighted by Crippen LogP contribution is -2.40. The lowest BCUT2D eigenvalue weighted by molar-refractivity contribution is -0.159. The van der Waals surface area contributed by atoms with Crippen LogP contribution in [0.2, 0.25) is 0 Å². The number of hydrogen-bond donors (Lipinski definition) is 1. The molecule has 3 rings (SSSR count). The van der Waals surface area contributed by atoms with E-state index in [-0.39, 0.29) is 5.91 Å². The van der Waals surface area contributed by atoms with Gasteiger partial charge in [-0.05, 0) is 49.6 Å². The predicted molar refractivity (Wildman–Crippen MR) is 112 cm³/mol. The summed E-state index contributed by atoms with van der Waals surface area (Å²) in [6.45, 7) is 5.95. The molecule has 0 spiro atoms. The Morgan fingerprint density at radius 1 is 1.03 bits per heavy atom. The van der Waals surface area contributed by atoms with Crippen LogP contribution >= 0.6 is 0 Å². The minimum Gasteiger partial charge on any atom is -0.493 e. The SMILES string of the molecule is CCCOC(=O)C(C)(C)Oc1c(-c2cccc3c2CNC3=O)ccc(OC)c1OC. The zero-order valence-electron chi connectivity index (χ0n) is 18.0. The number of benzene rings is 2. The molecule has 1 heterocycles. The molecular weight excluding hydrogens is 386 g/mol. The second kappa shape index (κ2) is 8.65. The fraction of sp³-hybridized carbons (Fsp3) is 0.391. The Balaban J connectivity index is 2.14. The molecule has 2 aromatic rings. The Morgan fingerprint density at radius 3 is 2.43 bits per heavy atom. The van der Waals surface area contributed by atoms with E-state index in [1.165, 1.54) is 14.2 Å². The highest BCUT2D eigenvalue weighted by atomic mass is 16.6. The molecule has 7 nitrogen and oxygen atoms in total. The molecule has 0 unspecified atom stereocenters. The van der Waals surface area contributed by atoms with Crippen molar-refractivity contribution in [2.24, 2.45) is 0 Å². The summed E-state index contributed by atoms with van der Waals surface area (Å²) in [5.41, 5.74) is 1.73. The molecule has 0 saturated carbocycles. The van der Waals surface area contributed by atoms with Crippen molar-refractivity contribution in [1.29, 1.82) is 0 Å². The Hall–Kier alpha value is -3.22. The van der Waals surface area contributed by atoms with Gasteiger partial charge in [-0.1, -0.05) is 19.1 Å². The Bertz CT molecular complexity index is 966. The lowest BCUT2D eigenvalue weighted by atomic mass is 9.95. The van der Waals surface area contributed by atoms with Gasteiger partial charge in [-0.15, -0.1) is 0 Å². The van der Waals surface area contributed by atoms with Gasteiger partial charge in [-0.3, -0.25) is 4.79 Å². The van der Waals surface area contributed by atoms with Crippen molar-refractivity contribution >= 4 is 11.9 Å². The average molecular weight is 413 g/mol. The van der Waals surface area contributed by atoms with E-state index < -0.39 is 11.6 Å². The van der Waals surface area contributed by atoms with E-state index in [2.05, 4.69) is 5.32 Å². The minimum atomic E-state index is -1.27. The van der Waals surface area contributed by atoms with E-state index >= 15 is 0 Å². The fourth-order valence-corrected chi connectivity index (χ4v) is 3.38. The molecule has 0 radical (unpaired) electrons. The number of fused-ring (bicyclic) bond motifs is 1. The molecule has 1 N–H and O–H groups in total. The number of nitrogens with one attached hydrogen (secondary N) is 1. The van der Waals surface area contributed by atoms with Crippen molar-refractivity contribution in [2.75, 3.05) is 20.8 Å². The van der Waals surface area contributed by atoms with E-state index in [1.807, 2.05) is 25.1 Å². The normalized spacial score (nSPS) is 12.8. The van der Waals surface area contributed by atoms with E-state index in [1.54, 1.807) is 26.0 Å². The smallest absolute Gasteiger partial charge is 0.349 e. The summed E-state index contributed by atoms with van der Waals surface area (Å²) in [5.74, 6) is 0.591. The number of amides is 1. The van der Waals surface area contributed by atoms with Crippen molar-refractivity contribution in [3.05, 3.63) is 41.5 Å². The van der Waals surface area contributed by atoms with Crippen molar-refractivity contribution in [3.63, 3.8) is 0 Å². The first-order valence-electron chi connectivity index (χ1n) is 9.85. The quantitative estimate of drug-likeness (QED) is 0.664. The molecule has 7 heteroatoms. The molecule has 0 bridgehead atoms. The number of ether oxygens (including phenoxy) is 4. The molecule has 160 valence electrons. The van der Waals surface area contributed by atoms with Gasteiger partial charge in [0.1, 0.15) is 0 Å². The minimum absolute atomic E-state index is 0.113. The van der Waals surface area contributed by atoms with Crippen LogP contribution in [0.5, 0.6) is 17.2 Å². The van der Waals surface area contributed by atoms with Gasteiger partial charge in [0, 0.05) is 17.7 Å². The second-order valence-electron chi connectivity index (χ2n) is 7.44. The van der Waals surface area contributed by atoms with Crippen LogP contribution in [0.25, 0.3) is 11.1 Å². The van der Waals surface area contributed by atoms with E-state index in [4.69, 9.17) is 18.9 Å². The van der Waals surface area contributed by atoms with Gasteiger partial charge < -0.3 is 24.3 Å². The van der Waals surface area contributed by atoms with Crippen LogP contribution < -0.4 is 19.5 Å². The monoisotopic (exact) mass is 413 g/mol. The highest BCUT2D eigenvalue weighted by Gasteiger charge is 2.35. The molecule has 30 heavy (non-hydrogen) atoms. The first-order chi connectivity index (χ1) is 14.3. The second-order valence-corrected chi connectivity index (χ2v) is 7.44. The van der Waals surface area contributed by atoms with E-state index in [0.29, 0.717) is 47.9 Å². The summed E-state index contributed by atoms with van der Waals surface area (Å²) in [5, 5.41) is 2.85. The van der Waals surface area contributed by atoms with Gasteiger partial charge in [0.15, 0.2) is 17.1 Å². The number of carbonyl (C=O) groups excluding carboxylic acids is 2. The van der Waals surface area contributed by atoms with Gasteiger partial charge >= 0.3 is 5.97 Å². The van der Waals surface area contributed by atoms with Crippen LogP contribution in [0.15, 0.2) is 30.3 Å². The Kier molecular flexibility index (Phi) is 6.20. The molecule has 2 aromatic carbocycles. The maximum absolute atomic E-state index is 12.6. The molecule has 0 saturated heterocycles. The van der Waals surface area contributed by atoms with Crippen molar-refractivity contribution in [2.45, 2.75) is 39.3 Å². The summed E-state index contributed by atoms with van der Waals surface area (Å²) in [6.07, 6.45) is 0.715. The molecule has 1 aliphatic rings. The van der Waals surface area contributed by atoms with Crippen LogP contribution in [0, 0.1) is 0 Å². The molecule has 0 aromatic heterocycles. The van der Waals surface area contributed by atoms with Gasteiger partial charge in [0.25, 0.3) is 5.91 Å². The third kappa shape index (κ3) is 3.92. The molecular formula is C23H27NO6. The number of rotatable bonds is 8. The third-order valence-electron chi connectivity index (χ3n) is 4.92. The summed E-state index contributed by atoms with van der Waals surface area (Å²) in [4.78, 5) is 24.7. The standard InChI is InChI=1S/C23H27NO6/c1-6-12-29-22(26)23(2,3)30-19-15(10-11-18(27-4)20(19)28-5)14-8-7-9-16-17(14)13-24-21(16)25/h7-11H,6,12-13H2,1-5H3,(H,24,25). The maximum atomic E-state index is 12.6. The van der Waals surface area contributed by atoms with Crippen LogP contribution in [-0.4, -0.2) is 38.3 Å². The summed E-state index contributed by atoms with van der Waals surface area (Å²) in [6, 6.07) is 9.12. The molecule has 1 aliphatic heterocycles. The zero-order valence-corrected chi connectivity index (χ0v) is 18.0. The lowest BCUT2D eigenvalue weighted by Gasteiger charge is -2.27. The van der Waals surface area contributed by atoms with Gasteiger partial charge in [0.2, 0.25) is 5.75 Å². The largest absolute Gasteiger partial charge is 0.493 e. The van der Waals surface area contributed by atoms with Crippen LogP contribution in [0.3, 0.4) is 0 Å². The van der Waals surface area contributed by atoms with Crippen molar-refractivity contribution in [1.82, 2.24) is 5.32 Å². The molecule has 1 amide bonds. The molecule has 0 fully saturated rings. The third-order valence-corrected chi connectivity index (χ3v) is 4.92. The number of hydrogen-bond acceptors (Lipinski definition) is 6. The number of esters is 1.